The summed E-state index contributed by atoms with van der Waals surface area (Å²) >= 11 is 0. The highest BCUT2D eigenvalue weighted by Gasteiger charge is 2.13. The van der Waals surface area contributed by atoms with E-state index >= 15 is 0 Å². The first kappa shape index (κ1) is 25.3. The van der Waals surface area contributed by atoms with Crippen LogP contribution in [0.3, 0.4) is 0 Å². The average Bonchev–Trinajstić information content (AvgIpc) is 2.87. The second-order valence-corrected chi connectivity index (χ2v) is 7.22. The standard InChI is InChI=1S/C27H25F2NO5/c1-32-24-16-22(30-11-10-23(31)19-6-5-7-20(28)14-19)18(15-21(24)29)9-8-17-12-25(33-2)27(35-4)26(13-17)34-3/h5-16,30H,1-4H3/b9-8-,11-10-. The fourth-order valence-corrected chi connectivity index (χ4v) is 3.32. The summed E-state index contributed by atoms with van der Waals surface area (Å²) in [4.78, 5) is 12.3. The summed E-state index contributed by atoms with van der Waals surface area (Å²) in [5.41, 5.74) is 1.90. The molecule has 0 fully saturated rings. The summed E-state index contributed by atoms with van der Waals surface area (Å²) < 4.78 is 49.0. The van der Waals surface area contributed by atoms with Crippen LogP contribution in [-0.2, 0) is 0 Å². The van der Waals surface area contributed by atoms with Crippen LogP contribution >= 0.6 is 0 Å². The van der Waals surface area contributed by atoms with Crippen molar-refractivity contribution in [1.82, 2.24) is 0 Å². The van der Waals surface area contributed by atoms with E-state index in [9.17, 15) is 13.6 Å². The maximum Gasteiger partial charge on any atom is 0.203 e. The fraction of sp³-hybridized carbons (Fsp3) is 0.148. The van der Waals surface area contributed by atoms with Crippen molar-refractivity contribution in [2.24, 2.45) is 0 Å². The molecule has 0 saturated carbocycles. The Morgan fingerprint density at radius 3 is 2.11 bits per heavy atom. The lowest BCUT2D eigenvalue weighted by atomic mass is 10.1. The molecule has 0 spiro atoms. The smallest absolute Gasteiger partial charge is 0.203 e. The number of nitrogens with one attached hydrogen (secondary N) is 1. The molecule has 3 aromatic carbocycles. The maximum absolute atomic E-state index is 14.5. The molecule has 35 heavy (non-hydrogen) atoms. The highest BCUT2D eigenvalue weighted by Crippen LogP contribution is 2.39. The van der Waals surface area contributed by atoms with Gasteiger partial charge in [-0.05, 0) is 35.9 Å². The number of methoxy groups -OCH3 is 4. The van der Waals surface area contributed by atoms with Crippen LogP contribution in [0.15, 0.2) is 60.8 Å². The van der Waals surface area contributed by atoms with E-state index in [4.69, 9.17) is 18.9 Å². The van der Waals surface area contributed by atoms with Gasteiger partial charge < -0.3 is 24.3 Å². The molecule has 3 aromatic rings. The number of anilines is 1. The third-order valence-electron chi connectivity index (χ3n) is 5.05. The van der Waals surface area contributed by atoms with E-state index in [2.05, 4.69) is 5.32 Å². The topological polar surface area (TPSA) is 66.0 Å². The van der Waals surface area contributed by atoms with Gasteiger partial charge in [0.2, 0.25) is 5.75 Å². The molecule has 0 bridgehead atoms. The minimum Gasteiger partial charge on any atom is -0.494 e. The summed E-state index contributed by atoms with van der Waals surface area (Å²) in [6.07, 6.45) is 6.10. The van der Waals surface area contributed by atoms with Crippen molar-refractivity contribution in [1.29, 1.82) is 0 Å². The zero-order valence-electron chi connectivity index (χ0n) is 19.7. The molecule has 3 rings (SSSR count). The molecule has 0 aliphatic carbocycles. The molecule has 0 aromatic heterocycles. The number of ether oxygens (including phenoxy) is 4. The van der Waals surface area contributed by atoms with Gasteiger partial charge in [0.1, 0.15) is 5.82 Å². The third kappa shape index (κ3) is 6.17. The van der Waals surface area contributed by atoms with Gasteiger partial charge in [-0.25, -0.2) is 8.78 Å². The lowest BCUT2D eigenvalue weighted by Crippen LogP contribution is -1.99. The second kappa shape index (κ2) is 11.7. The lowest BCUT2D eigenvalue weighted by Gasteiger charge is -2.13. The van der Waals surface area contributed by atoms with Crippen LogP contribution in [0.5, 0.6) is 23.0 Å². The Labute approximate surface area is 202 Å². The van der Waals surface area contributed by atoms with Gasteiger partial charge in [0.25, 0.3) is 0 Å². The number of rotatable bonds is 10. The Balaban J connectivity index is 1.91. The molecule has 1 N–H and O–H groups in total. The first-order valence-electron chi connectivity index (χ1n) is 10.5. The van der Waals surface area contributed by atoms with Gasteiger partial charge in [0.05, 0.1) is 28.4 Å². The number of hydrogen-bond acceptors (Lipinski definition) is 6. The maximum atomic E-state index is 14.5. The van der Waals surface area contributed by atoms with Crippen molar-refractivity contribution in [2.75, 3.05) is 33.8 Å². The minimum atomic E-state index is -0.553. The van der Waals surface area contributed by atoms with E-state index < -0.39 is 11.6 Å². The number of carbonyl (C=O) groups is 1. The van der Waals surface area contributed by atoms with Crippen molar-refractivity contribution >= 4 is 23.6 Å². The summed E-state index contributed by atoms with van der Waals surface area (Å²) in [6, 6.07) is 11.7. The molecule has 0 aliphatic rings. The van der Waals surface area contributed by atoms with Gasteiger partial charge in [0.15, 0.2) is 28.8 Å². The summed E-state index contributed by atoms with van der Waals surface area (Å²) in [7, 11) is 5.91. The van der Waals surface area contributed by atoms with Gasteiger partial charge >= 0.3 is 0 Å². The monoisotopic (exact) mass is 481 g/mol. The van der Waals surface area contributed by atoms with Crippen LogP contribution in [0.25, 0.3) is 12.2 Å². The molecule has 0 atom stereocenters. The summed E-state index contributed by atoms with van der Waals surface area (Å²) in [5, 5.41) is 2.97. The molecule has 0 unspecified atom stereocenters. The van der Waals surface area contributed by atoms with E-state index in [1.165, 1.54) is 71.0 Å². The molecule has 6 nitrogen and oxygen atoms in total. The quantitative estimate of drug-likeness (QED) is 0.218. The number of hydrogen-bond donors (Lipinski definition) is 1. The van der Waals surface area contributed by atoms with Crippen molar-refractivity contribution in [3.8, 4) is 23.0 Å². The zero-order chi connectivity index (χ0) is 25.4. The average molecular weight is 481 g/mol. The Bertz CT molecular complexity index is 1250. The summed E-state index contributed by atoms with van der Waals surface area (Å²) in [6.45, 7) is 0. The number of benzene rings is 3. The highest BCUT2D eigenvalue weighted by molar-refractivity contribution is 6.04. The van der Waals surface area contributed by atoms with Gasteiger partial charge in [-0.2, -0.15) is 0 Å². The van der Waals surface area contributed by atoms with Crippen LogP contribution < -0.4 is 24.3 Å². The number of allylic oxidation sites excluding steroid dienone is 1. The fourth-order valence-electron chi connectivity index (χ4n) is 3.32. The molecule has 0 saturated heterocycles. The Morgan fingerprint density at radius 2 is 1.51 bits per heavy atom. The molecule has 182 valence electrons. The van der Waals surface area contributed by atoms with Crippen molar-refractivity contribution in [2.45, 2.75) is 0 Å². The molecule has 0 radical (unpaired) electrons. The Morgan fingerprint density at radius 1 is 0.829 bits per heavy atom. The molecule has 8 heteroatoms. The lowest BCUT2D eigenvalue weighted by molar-refractivity contribution is 0.104. The van der Waals surface area contributed by atoms with Crippen molar-refractivity contribution in [3.05, 3.63) is 89.1 Å². The third-order valence-corrected chi connectivity index (χ3v) is 5.05. The zero-order valence-corrected chi connectivity index (χ0v) is 19.7. The van der Waals surface area contributed by atoms with Crippen LogP contribution in [0.2, 0.25) is 0 Å². The first-order valence-corrected chi connectivity index (χ1v) is 10.5. The molecule has 0 aliphatic heterocycles. The van der Waals surface area contributed by atoms with Crippen LogP contribution in [0, 0.1) is 11.6 Å². The van der Waals surface area contributed by atoms with E-state index in [0.29, 0.717) is 28.5 Å². The Hall–Kier alpha value is -4.33. The molecular weight excluding hydrogens is 456 g/mol. The van der Waals surface area contributed by atoms with Crippen LogP contribution in [-0.4, -0.2) is 34.2 Å². The van der Waals surface area contributed by atoms with Gasteiger partial charge in [-0.15, -0.1) is 0 Å². The Kier molecular flexibility index (Phi) is 8.45. The molecule has 0 heterocycles. The predicted molar refractivity (Wildman–Crippen MR) is 131 cm³/mol. The SMILES string of the molecule is COc1cc(N/C=C\C(=O)c2cccc(F)c2)c(/C=C\c2cc(OC)c(OC)c(OC)c2)cc1F. The van der Waals surface area contributed by atoms with E-state index in [1.54, 1.807) is 24.3 Å². The number of halogens is 2. The van der Waals surface area contributed by atoms with Gasteiger partial charge in [-0.1, -0.05) is 24.3 Å². The normalized spacial score (nSPS) is 11.0. The van der Waals surface area contributed by atoms with Crippen molar-refractivity contribution in [3.63, 3.8) is 0 Å². The minimum absolute atomic E-state index is 0.0299. The highest BCUT2D eigenvalue weighted by atomic mass is 19.1. The van der Waals surface area contributed by atoms with Crippen molar-refractivity contribution < 1.29 is 32.5 Å². The number of ketones is 1. The van der Waals surface area contributed by atoms with Crippen LogP contribution in [0.1, 0.15) is 21.5 Å². The largest absolute Gasteiger partial charge is 0.494 e. The van der Waals surface area contributed by atoms with Gasteiger partial charge in [0, 0.05) is 35.2 Å². The van der Waals surface area contributed by atoms with Crippen LogP contribution in [0.4, 0.5) is 14.5 Å². The molecular formula is C27H25F2NO5. The van der Waals surface area contributed by atoms with Gasteiger partial charge in [-0.3, -0.25) is 4.79 Å². The molecule has 0 amide bonds. The summed E-state index contributed by atoms with van der Waals surface area (Å²) in [5.74, 6) is -0.00259. The number of carbonyl (C=O) groups excluding carboxylic acids is 1. The van der Waals surface area contributed by atoms with E-state index in [-0.39, 0.29) is 17.1 Å². The van der Waals surface area contributed by atoms with E-state index in [1.807, 2.05) is 0 Å². The first-order chi connectivity index (χ1) is 16.9. The predicted octanol–water partition coefficient (Wildman–Crippen LogP) is 5.98. The van der Waals surface area contributed by atoms with E-state index in [0.717, 1.165) is 11.6 Å². The second-order valence-electron chi connectivity index (χ2n) is 7.22.